The number of carbonyl (C=O) groups is 1. The molecular weight excluding hydrogens is 404 g/mol. The van der Waals surface area contributed by atoms with Crippen LogP contribution in [0.15, 0.2) is 57.7 Å². The van der Waals surface area contributed by atoms with Gasteiger partial charge in [0.25, 0.3) is 5.91 Å². The van der Waals surface area contributed by atoms with Crippen molar-refractivity contribution in [3.05, 3.63) is 81.1 Å². The third-order valence-corrected chi connectivity index (χ3v) is 6.35. The highest BCUT2D eigenvalue weighted by Crippen LogP contribution is 2.28. The van der Waals surface area contributed by atoms with Gasteiger partial charge in [0, 0.05) is 34.0 Å². The maximum absolute atomic E-state index is 12.3. The zero-order chi connectivity index (χ0) is 20.4. The van der Waals surface area contributed by atoms with Crippen LogP contribution in [0.4, 0.5) is 5.13 Å². The summed E-state index contributed by atoms with van der Waals surface area (Å²) in [5.41, 5.74) is 4.36. The van der Waals surface area contributed by atoms with E-state index < -0.39 is 0 Å². The fourth-order valence-corrected chi connectivity index (χ4v) is 4.48. The van der Waals surface area contributed by atoms with Gasteiger partial charge in [-0.15, -0.1) is 10.2 Å². The lowest BCUT2D eigenvalue weighted by Gasteiger charge is -2.04. The summed E-state index contributed by atoms with van der Waals surface area (Å²) in [6.07, 6.45) is 0. The Balaban J connectivity index is 1.42. The summed E-state index contributed by atoms with van der Waals surface area (Å²) in [5, 5.41) is 12.1. The molecular formula is C21H18N4O2S2. The van der Waals surface area contributed by atoms with Crippen LogP contribution in [0, 0.1) is 13.8 Å². The summed E-state index contributed by atoms with van der Waals surface area (Å²) in [6.45, 7) is 3.94. The number of hydrogen-bond donors (Lipinski definition) is 2. The van der Waals surface area contributed by atoms with Gasteiger partial charge in [0.2, 0.25) is 5.13 Å². The molecule has 0 spiro atoms. The average molecular weight is 423 g/mol. The first-order valence-corrected chi connectivity index (χ1v) is 10.7. The van der Waals surface area contributed by atoms with E-state index in [9.17, 15) is 9.59 Å². The van der Waals surface area contributed by atoms with Crippen LogP contribution in [0.2, 0.25) is 0 Å². The number of fused-ring (bicyclic) bond motifs is 1. The van der Waals surface area contributed by atoms with Crippen LogP contribution in [0.25, 0.3) is 10.9 Å². The molecule has 0 atom stereocenters. The Hall–Kier alpha value is -2.97. The first-order chi connectivity index (χ1) is 14.0. The first-order valence-electron chi connectivity index (χ1n) is 8.95. The van der Waals surface area contributed by atoms with Gasteiger partial charge in [-0.3, -0.25) is 14.9 Å². The fourth-order valence-electron chi connectivity index (χ4n) is 2.83. The monoisotopic (exact) mass is 422 g/mol. The molecule has 0 unspecified atom stereocenters. The molecule has 0 fully saturated rings. The van der Waals surface area contributed by atoms with Crippen LogP contribution in [-0.4, -0.2) is 21.1 Å². The predicted octanol–water partition coefficient (Wildman–Crippen LogP) is 4.54. The summed E-state index contributed by atoms with van der Waals surface area (Å²) in [6, 6.07) is 14.7. The molecule has 0 saturated carbocycles. The van der Waals surface area contributed by atoms with Crippen LogP contribution >= 0.6 is 23.1 Å². The summed E-state index contributed by atoms with van der Waals surface area (Å²) in [5.74, 6) is 0.339. The van der Waals surface area contributed by atoms with Crippen molar-refractivity contribution in [3.8, 4) is 0 Å². The molecule has 0 radical (unpaired) electrons. The van der Waals surface area contributed by atoms with Crippen LogP contribution in [0.5, 0.6) is 0 Å². The number of amides is 1. The highest BCUT2D eigenvalue weighted by atomic mass is 32.2. The van der Waals surface area contributed by atoms with Crippen LogP contribution in [-0.2, 0) is 5.75 Å². The van der Waals surface area contributed by atoms with Gasteiger partial charge in [-0.05, 0) is 38.1 Å². The molecule has 29 heavy (non-hydrogen) atoms. The second kappa shape index (κ2) is 8.18. The maximum atomic E-state index is 12.3. The molecule has 8 heteroatoms. The molecule has 0 aliphatic rings. The number of anilines is 1. The fraction of sp³-hybridized carbons (Fsp3) is 0.143. The Morgan fingerprint density at radius 3 is 2.62 bits per heavy atom. The number of thioether (sulfide) groups is 1. The van der Waals surface area contributed by atoms with Gasteiger partial charge < -0.3 is 4.98 Å². The van der Waals surface area contributed by atoms with Crippen molar-refractivity contribution in [3.63, 3.8) is 0 Å². The second-order valence-corrected chi connectivity index (χ2v) is 8.89. The standard InChI is InChI=1S/C21H18N4O2S2/c1-12-3-6-14(7-4-12)19(27)23-20-24-25-21(29-20)28-11-15-10-18(26)16-9-13(2)5-8-17(16)22-15/h3-10H,11H2,1-2H3,(H,22,26)(H,23,24,27). The van der Waals surface area contributed by atoms with Crippen LogP contribution in [0.3, 0.4) is 0 Å². The first kappa shape index (κ1) is 19.4. The Labute approximate surface area is 175 Å². The van der Waals surface area contributed by atoms with Gasteiger partial charge in [0.1, 0.15) is 0 Å². The number of aryl methyl sites for hydroxylation is 2. The molecule has 0 saturated heterocycles. The third-order valence-electron chi connectivity index (χ3n) is 4.33. The zero-order valence-corrected chi connectivity index (χ0v) is 17.5. The maximum Gasteiger partial charge on any atom is 0.257 e. The van der Waals surface area contributed by atoms with Gasteiger partial charge in [0.15, 0.2) is 9.77 Å². The van der Waals surface area contributed by atoms with Gasteiger partial charge in [-0.25, -0.2) is 0 Å². The molecule has 1 amide bonds. The number of carbonyl (C=O) groups excluding carboxylic acids is 1. The zero-order valence-electron chi connectivity index (χ0n) is 15.9. The van der Waals surface area contributed by atoms with Crippen molar-refractivity contribution in [1.29, 1.82) is 0 Å². The SMILES string of the molecule is Cc1ccc(C(=O)Nc2nnc(SCc3cc(=O)c4cc(C)ccc4[nH]3)s2)cc1. The van der Waals surface area contributed by atoms with Crippen molar-refractivity contribution < 1.29 is 4.79 Å². The van der Waals surface area contributed by atoms with E-state index in [0.717, 1.165) is 22.3 Å². The number of pyridine rings is 1. The number of benzene rings is 2. The van der Waals surface area contributed by atoms with E-state index in [-0.39, 0.29) is 11.3 Å². The van der Waals surface area contributed by atoms with E-state index in [1.165, 1.54) is 23.1 Å². The molecule has 2 aromatic carbocycles. The lowest BCUT2D eigenvalue weighted by atomic mass is 10.1. The average Bonchev–Trinajstić information content (AvgIpc) is 3.15. The van der Waals surface area contributed by atoms with Crippen molar-refractivity contribution in [2.75, 3.05) is 5.32 Å². The lowest BCUT2D eigenvalue weighted by molar-refractivity contribution is 0.102. The molecule has 0 aliphatic heterocycles. The Kier molecular flexibility index (Phi) is 5.46. The molecule has 146 valence electrons. The molecule has 6 nitrogen and oxygen atoms in total. The van der Waals surface area contributed by atoms with Gasteiger partial charge in [0.05, 0.1) is 0 Å². The molecule has 0 bridgehead atoms. The van der Waals surface area contributed by atoms with Crippen molar-refractivity contribution in [2.24, 2.45) is 0 Å². The van der Waals surface area contributed by atoms with Crippen molar-refractivity contribution in [2.45, 2.75) is 23.9 Å². The molecule has 2 heterocycles. The summed E-state index contributed by atoms with van der Waals surface area (Å²) >= 11 is 2.77. The lowest BCUT2D eigenvalue weighted by Crippen LogP contribution is -2.11. The number of aromatic amines is 1. The second-order valence-electron chi connectivity index (χ2n) is 6.69. The van der Waals surface area contributed by atoms with E-state index >= 15 is 0 Å². The van der Waals surface area contributed by atoms with Crippen LogP contribution in [0.1, 0.15) is 27.2 Å². The van der Waals surface area contributed by atoms with E-state index in [4.69, 9.17) is 0 Å². The Morgan fingerprint density at radius 1 is 1.07 bits per heavy atom. The summed E-state index contributed by atoms with van der Waals surface area (Å²) in [7, 11) is 0. The number of H-pyrrole nitrogens is 1. The van der Waals surface area contributed by atoms with Gasteiger partial charge in [-0.2, -0.15) is 0 Å². The largest absolute Gasteiger partial charge is 0.357 e. The Bertz CT molecular complexity index is 1250. The number of aromatic nitrogens is 3. The number of nitrogens with one attached hydrogen (secondary N) is 2. The number of nitrogens with zero attached hydrogens (tertiary/aromatic N) is 2. The highest BCUT2D eigenvalue weighted by molar-refractivity contribution is 8.00. The number of hydrogen-bond acceptors (Lipinski definition) is 6. The Morgan fingerprint density at radius 2 is 1.83 bits per heavy atom. The molecule has 2 N–H and O–H groups in total. The predicted molar refractivity (Wildman–Crippen MR) is 118 cm³/mol. The minimum Gasteiger partial charge on any atom is -0.357 e. The summed E-state index contributed by atoms with van der Waals surface area (Å²) < 4.78 is 0.717. The molecule has 0 aliphatic carbocycles. The van der Waals surface area contributed by atoms with Crippen molar-refractivity contribution in [1.82, 2.24) is 15.2 Å². The molecule has 4 rings (SSSR count). The van der Waals surface area contributed by atoms with Crippen molar-refractivity contribution >= 4 is 45.0 Å². The van der Waals surface area contributed by atoms with Gasteiger partial charge >= 0.3 is 0 Å². The van der Waals surface area contributed by atoms with E-state index in [2.05, 4.69) is 20.5 Å². The van der Waals surface area contributed by atoms with E-state index in [1.807, 2.05) is 44.2 Å². The van der Waals surface area contributed by atoms with Crippen LogP contribution < -0.4 is 10.7 Å². The van der Waals surface area contributed by atoms with Gasteiger partial charge in [-0.1, -0.05) is 52.4 Å². The smallest absolute Gasteiger partial charge is 0.257 e. The topological polar surface area (TPSA) is 87.7 Å². The minimum atomic E-state index is -0.216. The summed E-state index contributed by atoms with van der Waals surface area (Å²) in [4.78, 5) is 27.9. The normalized spacial score (nSPS) is 11.0. The highest BCUT2D eigenvalue weighted by Gasteiger charge is 2.11. The third kappa shape index (κ3) is 4.55. The van der Waals surface area contributed by atoms with E-state index in [0.29, 0.717) is 26.2 Å². The quantitative estimate of drug-likeness (QED) is 0.364. The molecule has 4 aromatic rings. The number of rotatable bonds is 5. The molecule has 2 aromatic heterocycles. The van der Waals surface area contributed by atoms with E-state index in [1.54, 1.807) is 18.2 Å². The minimum absolute atomic E-state index is 0.00126.